The summed E-state index contributed by atoms with van der Waals surface area (Å²) in [6.07, 6.45) is 5.09. The average Bonchev–Trinajstić information content (AvgIpc) is 2.43. The van der Waals surface area contributed by atoms with Gasteiger partial charge in [0, 0.05) is 24.7 Å². The predicted molar refractivity (Wildman–Crippen MR) is 78.1 cm³/mol. The van der Waals surface area contributed by atoms with Gasteiger partial charge in [-0.25, -0.2) is 0 Å². The van der Waals surface area contributed by atoms with E-state index in [2.05, 4.69) is 37.9 Å². The molecule has 0 radical (unpaired) electrons. The molecular weight excluding hydrogens is 224 g/mol. The first-order chi connectivity index (χ1) is 8.69. The van der Waals surface area contributed by atoms with E-state index in [1.54, 1.807) is 0 Å². The van der Waals surface area contributed by atoms with Crippen molar-refractivity contribution in [2.45, 2.75) is 65.0 Å². The summed E-state index contributed by atoms with van der Waals surface area (Å²) in [6.45, 7) is 14.3. The molecule has 0 aromatic rings. The van der Waals surface area contributed by atoms with Gasteiger partial charge in [-0.05, 0) is 26.3 Å². The van der Waals surface area contributed by atoms with E-state index >= 15 is 0 Å². The van der Waals surface area contributed by atoms with Crippen molar-refractivity contribution in [1.82, 2.24) is 10.2 Å². The second-order valence-corrected chi connectivity index (χ2v) is 5.56. The van der Waals surface area contributed by atoms with Crippen molar-refractivity contribution in [3.63, 3.8) is 0 Å². The molecule has 1 saturated heterocycles. The number of morpholine rings is 1. The lowest BCUT2D eigenvalue weighted by molar-refractivity contribution is -0.0334. The molecule has 1 aliphatic rings. The molecule has 0 spiro atoms. The minimum absolute atomic E-state index is 0.273. The largest absolute Gasteiger partial charge is 0.379 e. The maximum atomic E-state index is 5.50. The standard InChI is InChI=1S/C15H32N2O/c1-5-8-9-14(16-7-3)15(4,6-2)17-10-12-18-13-11-17/h14,16H,5-13H2,1-4H3. The fourth-order valence-corrected chi connectivity index (χ4v) is 3.05. The molecule has 0 bridgehead atoms. The number of likely N-dealkylation sites (N-methyl/N-ethyl adjacent to an activating group) is 1. The molecular formula is C15H32N2O. The predicted octanol–water partition coefficient (Wildman–Crippen LogP) is 2.66. The van der Waals surface area contributed by atoms with E-state index in [1.807, 2.05) is 0 Å². The molecule has 1 rings (SSSR count). The number of hydrogen-bond acceptors (Lipinski definition) is 3. The van der Waals surface area contributed by atoms with Gasteiger partial charge in [-0.3, -0.25) is 4.90 Å². The highest BCUT2D eigenvalue weighted by atomic mass is 16.5. The van der Waals surface area contributed by atoms with Gasteiger partial charge in [0.05, 0.1) is 13.2 Å². The van der Waals surface area contributed by atoms with E-state index in [1.165, 1.54) is 25.7 Å². The number of nitrogens with one attached hydrogen (secondary N) is 1. The molecule has 2 unspecified atom stereocenters. The molecule has 0 aliphatic carbocycles. The molecule has 1 heterocycles. The second-order valence-electron chi connectivity index (χ2n) is 5.56. The Kier molecular flexibility index (Phi) is 7.20. The Morgan fingerprint density at radius 2 is 1.89 bits per heavy atom. The van der Waals surface area contributed by atoms with Crippen molar-refractivity contribution in [1.29, 1.82) is 0 Å². The first kappa shape index (κ1) is 15.9. The zero-order chi connectivity index (χ0) is 13.4. The number of rotatable bonds is 8. The van der Waals surface area contributed by atoms with Crippen molar-refractivity contribution >= 4 is 0 Å². The molecule has 108 valence electrons. The Morgan fingerprint density at radius 3 is 2.39 bits per heavy atom. The van der Waals surface area contributed by atoms with Gasteiger partial charge in [-0.1, -0.05) is 33.6 Å². The van der Waals surface area contributed by atoms with E-state index in [0.717, 1.165) is 32.8 Å². The molecule has 0 aromatic carbocycles. The van der Waals surface area contributed by atoms with Crippen molar-refractivity contribution in [3.8, 4) is 0 Å². The number of hydrogen-bond donors (Lipinski definition) is 1. The van der Waals surface area contributed by atoms with Gasteiger partial charge in [-0.15, -0.1) is 0 Å². The van der Waals surface area contributed by atoms with Crippen LogP contribution in [0.1, 0.15) is 53.4 Å². The fraction of sp³-hybridized carbons (Fsp3) is 1.00. The van der Waals surface area contributed by atoms with Gasteiger partial charge in [-0.2, -0.15) is 0 Å². The van der Waals surface area contributed by atoms with Crippen LogP contribution in [-0.4, -0.2) is 49.3 Å². The van der Waals surface area contributed by atoms with Gasteiger partial charge in [0.2, 0.25) is 0 Å². The van der Waals surface area contributed by atoms with Crippen LogP contribution in [0, 0.1) is 0 Å². The molecule has 0 aromatic heterocycles. The van der Waals surface area contributed by atoms with Crippen LogP contribution in [0.5, 0.6) is 0 Å². The first-order valence-electron chi connectivity index (χ1n) is 7.75. The third-order valence-corrected chi connectivity index (χ3v) is 4.50. The normalized spacial score (nSPS) is 22.7. The topological polar surface area (TPSA) is 24.5 Å². The Balaban J connectivity index is 2.71. The van der Waals surface area contributed by atoms with E-state index in [0.29, 0.717) is 6.04 Å². The van der Waals surface area contributed by atoms with Crippen LogP contribution in [0.3, 0.4) is 0 Å². The van der Waals surface area contributed by atoms with E-state index in [-0.39, 0.29) is 5.54 Å². The summed E-state index contributed by atoms with van der Waals surface area (Å²) in [5, 5.41) is 3.72. The van der Waals surface area contributed by atoms with Crippen LogP contribution < -0.4 is 5.32 Å². The molecule has 0 saturated carbocycles. The van der Waals surface area contributed by atoms with Crippen LogP contribution in [0.4, 0.5) is 0 Å². The minimum Gasteiger partial charge on any atom is -0.379 e. The monoisotopic (exact) mass is 256 g/mol. The van der Waals surface area contributed by atoms with Crippen molar-refractivity contribution in [2.75, 3.05) is 32.8 Å². The van der Waals surface area contributed by atoms with E-state index < -0.39 is 0 Å². The van der Waals surface area contributed by atoms with Gasteiger partial charge >= 0.3 is 0 Å². The van der Waals surface area contributed by atoms with Gasteiger partial charge < -0.3 is 10.1 Å². The summed E-state index contributed by atoms with van der Waals surface area (Å²) in [4.78, 5) is 2.64. The summed E-state index contributed by atoms with van der Waals surface area (Å²) >= 11 is 0. The average molecular weight is 256 g/mol. The molecule has 1 fully saturated rings. The lowest BCUT2D eigenvalue weighted by atomic mass is 9.83. The summed E-state index contributed by atoms with van der Waals surface area (Å²) in [7, 11) is 0. The molecule has 1 N–H and O–H groups in total. The number of unbranched alkanes of at least 4 members (excludes halogenated alkanes) is 1. The summed E-state index contributed by atoms with van der Waals surface area (Å²) < 4.78 is 5.50. The van der Waals surface area contributed by atoms with Crippen molar-refractivity contribution in [3.05, 3.63) is 0 Å². The number of ether oxygens (including phenoxy) is 1. The van der Waals surface area contributed by atoms with Crippen LogP contribution in [0.15, 0.2) is 0 Å². The highest BCUT2D eigenvalue weighted by molar-refractivity contribution is 4.96. The Labute approximate surface area is 113 Å². The van der Waals surface area contributed by atoms with Gasteiger partial charge in [0.1, 0.15) is 0 Å². The SMILES string of the molecule is CCCCC(NCC)C(C)(CC)N1CCOCC1. The highest BCUT2D eigenvalue weighted by Gasteiger charge is 2.37. The van der Waals surface area contributed by atoms with E-state index in [4.69, 9.17) is 4.74 Å². The fourth-order valence-electron chi connectivity index (χ4n) is 3.05. The van der Waals surface area contributed by atoms with Gasteiger partial charge in [0.15, 0.2) is 0 Å². The maximum Gasteiger partial charge on any atom is 0.0594 e. The maximum absolute atomic E-state index is 5.50. The minimum atomic E-state index is 0.273. The van der Waals surface area contributed by atoms with Crippen LogP contribution in [0.2, 0.25) is 0 Å². The third-order valence-electron chi connectivity index (χ3n) is 4.50. The zero-order valence-electron chi connectivity index (χ0n) is 12.8. The Hall–Kier alpha value is -0.120. The lowest BCUT2D eigenvalue weighted by Crippen LogP contribution is -2.61. The van der Waals surface area contributed by atoms with E-state index in [9.17, 15) is 0 Å². The molecule has 1 aliphatic heterocycles. The molecule has 3 nitrogen and oxygen atoms in total. The Morgan fingerprint density at radius 1 is 1.22 bits per heavy atom. The van der Waals surface area contributed by atoms with Crippen molar-refractivity contribution in [2.24, 2.45) is 0 Å². The van der Waals surface area contributed by atoms with Crippen LogP contribution >= 0.6 is 0 Å². The van der Waals surface area contributed by atoms with Gasteiger partial charge in [0.25, 0.3) is 0 Å². The van der Waals surface area contributed by atoms with Crippen LogP contribution in [0.25, 0.3) is 0 Å². The molecule has 18 heavy (non-hydrogen) atoms. The highest BCUT2D eigenvalue weighted by Crippen LogP contribution is 2.27. The zero-order valence-corrected chi connectivity index (χ0v) is 12.8. The first-order valence-corrected chi connectivity index (χ1v) is 7.75. The second kappa shape index (κ2) is 8.13. The quantitative estimate of drug-likeness (QED) is 0.722. The number of nitrogens with zero attached hydrogens (tertiary/aromatic N) is 1. The van der Waals surface area contributed by atoms with Crippen LogP contribution in [-0.2, 0) is 4.74 Å². The summed E-state index contributed by atoms with van der Waals surface area (Å²) in [6, 6.07) is 0.602. The molecule has 3 heteroatoms. The molecule has 0 amide bonds. The molecule has 2 atom stereocenters. The lowest BCUT2D eigenvalue weighted by Gasteiger charge is -2.48. The summed E-state index contributed by atoms with van der Waals surface area (Å²) in [5.74, 6) is 0. The van der Waals surface area contributed by atoms with Crippen molar-refractivity contribution < 1.29 is 4.74 Å². The summed E-state index contributed by atoms with van der Waals surface area (Å²) in [5.41, 5.74) is 0.273. The third kappa shape index (κ3) is 3.94. The smallest absolute Gasteiger partial charge is 0.0594 e. The Bertz CT molecular complexity index is 217.